The number of carbonyl (C=O) groups excluding carboxylic acids is 1. The zero-order valence-electron chi connectivity index (χ0n) is 14.0. The fourth-order valence-electron chi connectivity index (χ4n) is 2.74. The van der Waals surface area contributed by atoms with Crippen LogP contribution in [0, 0.1) is 0 Å². The number of carbonyl (C=O) groups is 1. The first-order valence-corrected chi connectivity index (χ1v) is 9.41. The molecule has 2 amide bonds. The molecular formula is C18H21ClN4OS. The Morgan fingerprint density at radius 3 is 2.56 bits per heavy atom. The van der Waals surface area contributed by atoms with Gasteiger partial charge in [-0.1, -0.05) is 35.9 Å². The zero-order valence-corrected chi connectivity index (χ0v) is 15.6. The van der Waals surface area contributed by atoms with E-state index in [9.17, 15) is 4.79 Å². The van der Waals surface area contributed by atoms with Crippen LogP contribution < -0.4 is 16.7 Å². The van der Waals surface area contributed by atoms with E-state index in [-0.39, 0.29) is 0 Å². The van der Waals surface area contributed by atoms with Crippen molar-refractivity contribution in [2.75, 3.05) is 12.1 Å². The van der Waals surface area contributed by atoms with Crippen molar-refractivity contribution in [1.82, 2.24) is 5.01 Å². The van der Waals surface area contributed by atoms with Crippen molar-refractivity contribution >= 4 is 35.1 Å². The second kappa shape index (κ2) is 7.66. The number of amides is 2. The lowest BCUT2D eigenvalue weighted by Gasteiger charge is -2.24. The maximum absolute atomic E-state index is 12.2. The third-order valence-corrected chi connectivity index (χ3v) is 5.72. The summed E-state index contributed by atoms with van der Waals surface area (Å²) in [5.74, 6) is 12.8. The predicted octanol–water partition coefficient (Wildman–Crippen LogP) is 4.12. The molecule has 0 atom stereocenters. The third kappa shape index (κ3) is 4.10. The number of anilines is 1. The standard InChI is InChI=1S/C18H21ClN4OS/c1-22(20)18(24)23(21)16-7-4-5-13(12-9-10-12)14(16)11-25-17-8-3-2-6-15(17)19/h2-8,12H,9-11,20-21H2,1H3. The van der Waals surface area contributed by atoms with Crippen LogP contribution in [0.5, 0.6) is 0 Å². The summed E-state index contributed by atoms with van der Waals surface area (Å²) in [5.41, 5.74) is 3.00. The summed E-state index contributed by atoms with van der Waals surface area (Å²) in [6.07, 6.45) is 2.34. The number of nitrogens with two attached hydrogens (primary N) is 2. The van der Waals surface area contributed by atoms with E-state index in [2.05, 4.69) is 6.07 Å². The maximum Gasteiger partial charge on any atom is 0.352 e. The monoisotopic (exact) mass is 376 g/mol. The SMILES string of the molecule is CN(N)C(=O)N(N)c1cccc(C2CC2)c1CSc1ccccc1Cl. The minimum atomic E-state index is -0.461. The van der Waals surface area contributed by atoms with E-state index >= 15 is 0 Å². The zero-order chi connectivity index (χ0) is 18.0. The lowest BCUT2D eigenvalue weighted by molar-refractivity contribution is 0.216. The van der Waals surface area contributed by atoms with Gasteiger partial charge in [-0.2, -0.15) is 0 Å². The molecule has 1 aliphatic carbocycles. The third-order valence-electron chi connectivity index (χ3n) is 4.18. The Labute approximate surface area is 156 Å². The molecule has 2 aromatic rings. The normalized spacial score (nSPS) is 13.6. The average Bonchev–Trinajstić information content (AvgIpc) is 3.44. The fourth-order valence-corrected chi connectivity index (χ4v) is 4.03. The van der Waals surface area contributed by atoms with Crippen molar-refractivity contribution in [3.63, 3.8) is 0 Å². The molecule has 3 rings (SSSR count). The van der Waals surface area contributed by atoms with Crippen LogP contribution in [0.1, 0.15) is 29.9 Å². The maximum atomic E-state index is 12.2. The molecule has 7 heteroatoms. The van der Waals surface area contributed by atoms with Gasteiger partial charge in [0.2, 0.25) is 0 Å². The van der Waals surface area contributed by atoms with Crippen LogP contribution in [-0.4, -0.2) is 18.1 Å². The highest BCUT2D eigenvalue weighted by Crippen LogP contribution is 2.45. The summed E-state index contributed by atoms with van der Waals surface area (Å²) >= 11 is 7.91. The Balaban J connectivity index is 1.92. The van der Waals surface area contributed by atoms with Crippen LogP contribution in [0.3, 0.4) is 0 Å². The van der Waals surface area contributed by atoms with Gasteiger partial charge in [-0.3, -0.25) is 5.01 Å². The number of urea groups is 1. The van der Waals surface area contributed by atoms with Crippen LogP contribution in [-0.2, 0) is 5.75 Å². The number of hydrogen-bond acceptors (Lipinski definition) is 4. The molecule has 1 saturated carbocycles. The lowest BCUT2D eigenvalue weighted by Crippen LogP contribution is -2.49. The van der Waals surface area contributed by atoms with E-state index in [4.69, 9.17) is 23.3 Å². The number of hydrogen-bond donors (Lipinski definition) is 2. The first-order valence-electron chi connectivity index (χ1n) is 8.05. The smallest absolute Gasteiger partial charge is 0.264 e. The Bertz CT molecular complexity index is 779. The highest BCUT2D eigenvalue weighted by atomic mass is 35.5. The topological polar surface area (TPSA) is 75.6 Å². The van der Waals surface area contributed by atoms with Gasteiger partial charge in [0.05, 0.1) is 10.7 Å². The van der Waals surface area contributed by atoms with Crippen molar-refractivity contribution in [1.29, 1.82) is 0 Å². The van der Waals surface area contributed by atoms with Crippen molar-refractivity contribution in [3.05, 3.63) is 58.6 Å². The molecule has 0 radical (unpaired) electrons. The van der Waals surface area contributed by atoms with E-state index in [1.54, 1.807) is 11.8 Å². The van der Waals surface area contributed by atoms with E-state index in [1.165, 1.54) is 25.5 Å². The summed E-state index contributed by atoms with van der Waals surface area (Å²) in [7, 11) is 1.48. The molecule has 0 saturated heterocycles. The molecule has 25 heavy (non-hydrogen) atoms. The summed E-state index contributed by atoms with van der Waals surface area (Å²) in [6.45, 7) is 0. The molecule has 2 aromatic carbocycles. The summed E-state index contributed by atoms with van der Waals surface area (Å²) < 4.78 is 0. The van der Waals surface area contributed by atoms with Crippen LogP contribution >= 0.6 is 23.4 Å². The number of rotatable bonds is 5. The molecule has 1 aliphatic rings. The molecule has 0 aliphatic heterocycles. The number of nitrogens with zero attached hydrogens (tertiary/aromatic N) is 2. The molecule has 0 unspecified atom stereocenters. The van der Waals surface area contributed by atoms with Crippen molar-refractivity contribution in [2.24, 2.45) is 11.7 Å². The second-order valence-corrected chi connectivity index (χ2v) is 7.53. The van der Waals surface area contributed by atoms with Crippen LogP contribution in [0.15, 0.2) is 47.4 Å². The summed E-state index contributed by atoms with van der Waals surface area (Å²) in [4.78, 5) is 13.2. The van der Waals surface area contributed by atoms with E-state index < -0.39 is 6.03 Å². The van der Waals surface area contributed by atoms with Crippen molar-refractivity contribution in [3.8, 4) is 0 Å². The first kappa shape index (κ1) is 18.1. The Morgan fingerprint density at radius 2 is 1.92 bits per heavy atom. The average molecular weight is 377 g/mol. The van der Waals surface area contributed by atoms with Gasteiger partial charge < -0.3 is 0 Å². The lowest BCUT2D eigenvalue weighted by atomic mass is 10.0. The molecule has 0 spiro atoms. The van der Waals surface area contributed by atoms with Crippen LogP contribution in [0.4, 0.5) is 10.5 Å². The van der Waals surface area contributed by atoms with Crippen LogP contribution in [0.2, 0.25) is 5.02 Å². The van der Waals surface area contributed by atoms with Gasteiger partial charge in [-0.05, 0) is 48.1 Å². The van der Waals surface area contributed by atoms with Crippen LogP contribution in [0.25, 0.3) is 0 Å². The Morgan fingerprint density at radius 1 is 1.20 bits per heavy atom. The molecule has 4 N–H and O–H groups in total. The van der Waals surface area contributed by atoms with E-state index in [0.29, 0.717) is 17.4 Å². The minimum Gasteiger partial charge on any atom is -0.264 e. The van der Waals surface area contributed by atoms with E-state index in [0.717, 1.165) is 25.5 Å². The second-order valence-electron chi connectivity index (χ2n) is 6.10. The predicted molar refractivity (Wildman–Crippen MR) is 103 cm³/mol. The van der Waals surface area contributed by atoms with Gasteiger partial charge in [0.25, 0.3) is 0 Å². The Kier molecular flexibility index (Phi) is 5.54. The molecule has 0 aromatic heterocycles. The Hall–Kier alpha value is -1.73. The summed E-state index contributed by atoms with van der Waals surface area (Å²) in [5, 5.41) is 2.82. The van der Waals surface area contributed by atoms with E-state index in [1.807, 2.05) is 36.4 Å². The highest BCUT2D eigenvalue weighted by Gasteiger charge is 2.29. The first-order chi connectivity index (χ1) is 12.0. The van der Waals surface area contributed by atoms with Gasteiger partial charge in [0, 0.05) is 17.7 Å². The molecule has 5 nitrogen and oxygen atoms in total. The van der Waals surface area contributed by atoms with Crippen molar-refractivity contribution < 1.29 is 4.79 Å². The van der Waals surface area contributed by atoms with Gasteiger partial charge in [-0.25, -0.2) is 21.5 Å². The number of hydrazine groups is 2. The van der Waals surface area contributed by atoms with Gasteiger partial charge in [0.15, 0.2) is 0 Å². The summed E-state index contributed by atoms with van der Waals surface area (Å²) in [6, 6.07) is 13.2. The molecule has 0 bridgehead atoms. The molecule has 132 valence electrons. The largest absolute Gasteiger partial charge is 0.352 e. The minimum absolute atomic E-state index is 0.461. The molecule has 0 heterocycles. The van der Waals surface area contributed by atoms with Gasteiger partial charge >= 0.3 is 6.03 Å². The fraction of sp³-hybridized carbons (Fsp3) is 0.278. The molecule has 1 fully saturated rings. The number of benzene rings is 2. The number of thioether (sulfide) groups is 1. The quantitative estimate of drug-likeness (QED) is 0.356. The number of halogens is 1. The highest BCUT2D eigenvalue weighted by molar-refractivity contribution is 7.98. The molecular weight excluding hydrogens is 356 g/mol. The van der Waals surface area contributed by atoms with Gasteiger partial charge in [0.1, 0.15) is 0 Å². The van der Waals surface area contributed by atoms with Gasteiger partial charge in [-0.15, -0.1) is 11.8 Å². The van der Waals surface area contributed by atoms with Crippen molar-refractivity contribution in [2.45, 2.75) is 29.4 Å².